The fourth-order valence-corrected chi connectivity index (χ4v) is 3.88. The Morgan fingerprint density at radius 3 is 2.35 bits per heavy atom. The van der Waals surface area contributed by atoms with E-state index in [0.717, 1.165) is 17.5 Å². The highest BCUT2D eigenvalue weighted by molar-refractivity contribution is 6.31. The van der Waals surface area contributed by atoms with Gasteiger partial charge in [0.2, 0.25) is 0 Å². The summed E-state index contributed by atoms with van der Waals surface area (Å²) in [6.45, 7) is 0. The molecule has 1 saturated carbocycles. The Kier molecular flexibility index (Phi) is 4.67. The third-order valence-corrected chi connectivity index (χ3v) is 5.54. The SMILES string of the molecule is Cn1nc2c(=O)n(C3CC3)ccc2c1[C@](N)(c1cnc(C(F)(F)F)c(Cl)c1)C(F)(F)F. The van der Waals surface area contributed by atoms with Crippen molar-refractivity contribution in [3.05, 3.63) is 56.9 Å². The van der Waals surface area contributed by atoms with Crippen LogP contribution >= 0.6 is 11.6 Å². The number of hydrogen-bond donors (Lipinski definition) is 1. The Balaban J connectivity index is 1.99. The third kappa shape index (κ3) is 3.28. The van der Waals surface area contributed by atoms with Crippen LogP contribution in [0, 0.1) is 0 Å². The van der Waals surface area contributed by atoms with Gasteiger partial charge in [-0.25, -0.2) is 4.98 Å². The Labute approximate surface area is 175 Å². The Morgan fingerprint density at radius 2 is 1.84 bits per heavy atom. The van der Waals surface area contributed by atoms with Gasteiger partial charge in [0.05, 0.1) is 10.7 Å². The lowest BCUT2D eigenvalue weighted by Gasteiger charge is -2.32. The van der Waals surface area contributed by atoms with Crippen molar-refractivity contribution in [3.63, 3.8) is 0 Å². The van der Waals surface area contributed by atoms with Gasteiger partial charge in [-0.2, -0.15) is 31.4 Å². The normalized spacial score (nSPS) is 17.2. The number of pyridine rings is 2. The van der Waals surface area contributed by atoms with Gasteiger partial charge in [-0.05, 0) is 25.0 Å². The first kappa shape index (κ1) is 21.6. The largest absolute Gasteiger partial charge is 0.434 e. The number of nitrogens with zero attached hydrogens (tertiary/aromatic N) is 4. The molecule has 0 radical (unpaired) electrons. The highest BCUT2D eigenvalue weighted by Gasteiger charge is 2.58. The predicted octanol–water partition coefficient (Wildman–Crippen LogP) is 3.90. The summed E-state index contributed by atoms with van der Waals surface area (Å²) >= 11 is 5.60. The van der Waals surface area contributed by atoms with Crippen LogP contribution in [0.25, 0.3) is 10.9 Å². The van der Waals surface area contributed by atoms with Crippen LogP contribution in [0.1, 0.15) is 35.8 Å². The van der Waals surface area contributed by atoms with E-state index in [4.69, 9.17) is 17.3 Å². The van der Waals surface area contributed by atoms with Crippen molar-refractivity contribution in [2.75, 3.05) is 0 Å². The van der Waals surface area contributed by atoms with Crippen molar-refractivity contribution >= 4 is 22.5 Å². The maximum atomic E-state index is 14.3. The molecule has 1 aliphatic carbocycles. The Hall–Kier alpha value is -2.60. The zero-order valence-electron chi connectivity index (χ0n) is 15.7. The number of rotatable bonds is 3. The highest BCUT2D eigenvalue weighted by Crippen LogP contribution is 2.45. The second kappa shape index (κ2) is 6.70. The van der Waals surface area contributed by atoms with Crippen LogP contribution < -0.4 is 11.3 Å². The van der Waals surface area contributed by atoms with Crippen LogP contribution in [0.3, 0.4) is 0 Å². The van der Waals surface area contributed by atoms with Crippen molar-refractivity contribution in [3.8, 4) is 0 Å². The first-order valence-corrected chi connectivity index (χ1v) is 9.31. The van der Waals surface area contributed by atoms with Gasteiger partial charge in [0.15, 0.2) is 16.7 Å². The van der Waals surface area contributed by atoms with E-state index in [9.17, 15) is 31.1 Å². The lowest BCUT2D eigenvalue weighted by molar-refractivity contribution is -0.178. The standard InChI is InChI=1S/C18H14ClF6N5O/c1-29-14(10-4-5-30(9-2-3-9)15(31)12(10)28-29)16(26,18(23,24)25)8-6-11(19)13(27-7-8)17(20,21)22/h4-7,9H,2-3,26H2,1H3/t16-/m1/s1. The molecule has 166 valence electrons. The summed E-state index contributed by atoms with van der Waals surface area (Å²) in [5.41, 5.74) is -1.27. The summed E-state index contributed by atoms with van der Waals surface area (Å²) in [4.78, 5) is 15.8. The van der Waals surface area contributed by atoms with Gasteiger partial charge in [0, 0.05) is 36.4 Å². The molecule has 0 unspecified atom stereocenters. The van der Waals surface area contributed by atoms with Gasteiger partial charge in [0.1, 0.15) is 0 Å². The van der Waals surface area contributed by atoms with E-state index in [1.54, 1.807) is 0 Å². The van der Waals surface area contributed by atoms with Gasteiger partial charge < -0.3 is 10.3 Å². The molecule has 3 aromatic rings. The fourth-order valence-electron chi connectivity index (χ4n) is 3.61. The number of fused-ring (bicyclic) bond motifs is 1. The van der Waals surface area contributed by atoms with Crippen LogP contribution in [0.4, 0.5) is 26.3 Å². The van der Waals surface area contributed by atoms with Crippen molar-refractivity contribution in [1.29, 1.82) is 0 Å². The van der Waals surface area contributed by atoms with E-state index >= 15 is 0 Å². The molecular formula is C18H14ClF6N5O. The molecule has 4 rings (SSSR count). The topological polar surface area (TPSA) is 78.7 Å². The van der Waals surface area contributed by atoms with E-state index in [-0.39, 0.29) is 16.9 Å². The van der Waals surface area contributed by atoms with Crippen LogP contribution in [-0.4, -0.2) is 25.5 Å². The zero-order chi connectivity index (χ0) is 22.9. The van der Waals surface area contributed by atoms with E-state index in [1.165, 1.54) is 23.9 Å². The Morgan fingerprint density at radius 1 is 1.19 bits per heavy atom. The number of alkyl halides is 6. The average Bonchev–Trinajstić information content (AvgIpc) is 3.41. The molecule has 3 aromatic heterocycles. The minimum absolute atomic E-state index is 0.0366. The van der Waals surface area contributed by atoms with Crippen molar-refractivity contribution in [2.24, 2.45) is 12.8 Å². The van der Waals surface area contributed by atoms with Crippen LogP contribution in [0.5, 0.6) is 0 Å². The first-order valence-electron chi connectivity index (χ1n) is 8.94. The molecule has 0 amide bonds. The average molecular weight is 466 g/mol. The second-order valence-electron chi connectivity index (χ2n) is 7.35. The molecule has 0 saturated heterocycles. The number of aromatic nitrogens is 4. The van der Waals surface area contributed by atoms with E-state index in [1.807, 2.05) is 0 Å². The number of hydrogen-bond acceptors (Lipinski definition) is 4. The van der Waals surface area contributed by atoms with E-state index in [2.05, 4.69) is 10.1 Å². The summed E-state index contributed by atoms with van der Waals surface area (Å²) in [5, 5.41) is 2.74. The smallest absolute Gasteiger partial charge is 0.311 e. The molecule has 0 bridgehead atoms. The lowest BCUT2D eigenvalue weighted by atomic mass is 9.86. The fraction of sp³-hybridized carbons (Fsp3) is 0.389. The summed E-state index contributed by atoms with van der Waals surface area (Å²) in [6.07, 6.45) is -6.87. The third-order valence-electron chi connectivity index (χ3n) is 5.25. The van der Waals surface area contributed by atoms with Gasteiger partial charge >= 0.3 is 12.4 Å². The lowest BCUT2D eigenvalue weighted by Crippen LogP contribution is -2.52. The van der Waals surface area contributed by atoms with Crippen LogP contribution in [-0.2, 0) is 18.8 Å². The summed E-state index contributed by atoms with van der Waals surface area (Å²) < 4.78 is 84.0. The maximum Gasteiger partial charge on any atom is 0.434 e. The summed E-state index contributed by atoms with van der Waals surface area (Å²) in [5.74, 6) is 0. The molecule has 1 aliphatic rings. The van der Waals surface area contributed by atoms with Crippen molar-refractivity contribution < 1.29 is 26.3 Å². The summed E-state index contributed by atoms with van der Waals surface area (Å²) in [7, 11) is 1.17. The minimum atomic E-state index is -5.19. The highest BCUT2D eigenvalue weighted by atomic mass is 35.5. The van der Waals surface area contributed by atoms with Gasteiger partial charge in [-0.3, -0.25) is 9.48 Å². The number of aryl methyl sites for hydroxylation is 1. The molecule has 0 aliphatic heterocycles. The van der Waals surface area contributed by atoms with Gasteiger partial charge in [-0.15, -0.1) is 0 Å². The van der Waals surface area contributed by atoms with Gasteiger partial charge in [0.25, 0.3) is 5.56 Å². The molecule has 1 atom stereocenters. The van der Waals surface area contributed by atoms with Crippen LogP contribution in [0.2, 0.25) is 5.02 Å². The van der Waals surface area contributed by atoms with Crippen LogP contribution in [0.15, 0.2) is 29.3 Å². The molecule has 0 aromatic carbocycles. The molecule has 13 heteroatoms. The Bertz CT molecular complexity index is 1240. The minimum Gasteiger partial charge on any atom is -0.311 e. The van der Waals surface area contributed by atoms with Crippen molar-refractivity contribution in [2.45, 2.75) is 36.8 Å². The zero-order valence-corrected chi connectivity index (χ0v) is 16.5. The molecule has 3 heterocycles. The molecular weight excluding hydrogens is 452 g/mol. The van der Waals surface area contributed by atoms with Gasteiger partial charge in [-0.1, -0.05) is 11.6 Å². The first-order chi connectivity index (χ1) is 14.3. The van der Waals surface area contributed by atoms with E-state index < -0.39 is 45.4 Å². The second-order valence-corrected chi connectivity index (χ2v) is 7.76. The maximum absolute atomic E-state index is 14.3. The number of halogens is 7. The molecule has 2 N–H and O–H groups in total. The molecule has 31 heavy (non-hydrogen) atoms. The molecule has 0 spiro atoms. The predicted molar refractivity (Wildman–Crippen MR) is 98.5 cm³/mol. The summed E-state index contributed by atoms with van der Waals surface area (Å²) in [6, 6.07) is 1.74. The monoisotopic (exact) mass is 465 g/mol. The van der Waals surface area contributed by atoms with E-state index in [0.29, 0.717) is 12.3 Å². The molecule has 1 fully saturated rings. The van der Waals surface area contributed by atoms with Crippen molar-refractivity contribution in [1.82, 2.24) is 19.3 Å². The quantitative estimate of drug-likeness (QED) is 0.595. The number of nitrogens with two attached hydrogens (primary N) is 1. The molecule has 6 nitrogen and oxygen atoms in total.